The van der Waals surface area contributed by atoms with Gasteiger partial charge in [0, 0.05) is 13.1 Å². The lowest BCUT2D eigenvalue weighted by Crippen LogP contribution is -2.57. The molecule has 4 nitrogen and oxygen atoms in total. The summed E-state index contributed by atoms with van der Waals surface area (Å²) in [6.45, 7) is 5.00. The zero-order valence-corrected chi connectivity index (χ0v) is 11.2. The highest BCUT2D eigenvalue weighted by molar-refractivity contribution is 5.76. The molecule has 5 N–H and O–H groups in total. The fraction of sp³-hybridized carbons (Fsp3) is 0.500. The highest BCUT2D eigenvalue weighted by Crippen LogP contribution is 2.05. The monoisotopic (exact) mass is 250 g/mol. The van der Waals surface area contributed by atoms with E-state index in [1.807, 2.05) is 0 Å². The second-order valence-corrected chi connectivity index (χ2v) is 4.30. The third-order valence-corrected chi connectivity index (χ3v) is 2.81. The number of benzene rings is 1. The van der Waals surface area contributed by atoms with E-state index in [2.05, 4.69) is 47.6 Å². The highest BCUT2D eigenvalue weighted by atomic mass is 16.1. The second kappa shape index (κ2) is 8.66. The molecule has 0 heterocycles. The van der Waals surface area contributed by atoms with Crippen molar-refractivity contribution >= 4 is 5.91 Å². The lowest BCUT2D eigenvalue weighted by molar-refractivity contribution is -0.355. The first kappa shape index (κ1) is 14.7. The molecule has 0 atom stereocenters. The number of hydrogen-bond donors (Lipinski definition) is 3. The minimum Gasteiger partial charge on any atom is -0.351 e. The fourth-order valence-corrected chi connectivity index (χ4v) is 1.72. The van der Waals surface area contributed by atoms with Crippen LogP contribution in [-0.2, 0) is 17.8 Å². The lowest BCUT2D eigenvalue weighted by Gasteiger charge is -2.06. The van der Waals surface area contributed by atoms with E-state index in [0.717, 1.165) is 32.5 Å². The van der Waals surface area contributed by atoms with E-state index in [-0.39, 0.29) is 5.91 Å². The standard InChI is InChI=1S/C14H23N3O/c1-2-12-5-3-6-13(9-12)11-16-7-4-8-17-14(18)10-15/h3,5-6,9,16H,2,4,7-8,10-11,15H2,1H3,(H,17,18)/p+1. The van der Waals surface area contributed by atoms with Gasteiger partial charge < -0.3 is 16.4 Å². The first-order valence-electron chi connectivity index (χ1n) is 6.60. The molecule has 1 aromatic carbocycles. The Morgan fingerprint density at radius 2 is 2.06 bits per heavy atom. The van der Waals surface area contributed by atoms with Crippen LogP contribution in [0.5, 0.6) is 0 Å². The molecule has 0 saturated heterocycles. The molecule has 1 aromatic rings. The molecule has 18 heavy (non-hydrogen) atoms. The Labute approximate surface area is 109 Å². The van der Waals surface area contributed by atoms with E-state index in [4.69, 9.17) is 0 Å². The topological polar surface area (TPSA) is 68.8 Å². The Hall–Kier alpha value is -1.39. The molecule has 1 amide bonds. The van der Waals surface area contributed by atoms with E-state index in [0.29, 0.717) is 6.54 Å². The minimum atomic E-state index is 0.0191. The minimum absolute atomic E-state index is 0.0191. The summed E-state index contributed by atoms with van der Waals surface area (Å²) in [4.78, 5) is 10.9. The quantitative estimate of drug-likeness (QED) is 0.572. The summed E-state index contributed by atoms with van der Waals surface area (Å²) >= 11 is 0. The molecular weight excluding hydrogens is 226 g/mol. The van der Waals surface area contributed by atoms with Crippen molar-refractivity contribution in [3.63, 3.8) is 0 Å². The largest absolute Gasteiger partial charge is 0.351 e. The number of rotatable bonds is 8. The van der Waals surface area contributed by atoms with Crippen LogP contribution in [0.2, 0.25) is 0 Å². The Morgan fingerprint density at radius 1 is 1.28 bits per heavy atom. The van der Waals surface area contributed by atoms with Crippen molar-refractivity contribution in [3.05, 3.63) is 35.4 Å². The van der Waals surface area contributed by atoms with Gasteiger partial charge in [-0.15, -0.1) is 0 Å². The predicted octanol–water partition coefficient (Wildman–Crippen LogP) is 0.0868. The maximum Gasteiger partial charge on any atom is 0.275 e. The van der Waals surface area contributed by atoms with E-state index >= 15 is 0 Å². The van der Waals surface area contributed by atoms with Crippen molar-refractivity contribution in [2.45, 2.75) is 26.3 Å². The van der Waals surface area contributed by atoms with Gasteiger partial charge in [-0.05, 0) is 30.5 Å². The molecule has 100 valence electrons. The van der Waals surface area contributed by atoms with E-state index < -0.39 is 0 Å². The third-order valence-electron chi connectivity index (χ3n) is 2.81. The van der Waals surface area contributed by atoms with Crippen LogP contribution in [-0.4, -0.2) is 25.5 Å². The zero-order chi connectivity index (χ0) is 13.2. The Kier molecular flexibility index (Phi) is 7.06. The molecular formula is C14H24N3O+. The Morgan fingerprint density at radius 3 is 2.78 bits per heavy atom. The van der Waals surface area contributed by atoms with Crippen LogP contribution in [0.4, 0.5) is 0 Å². The van der Waals surface area contributed by atoms with Gasteiger partial charge in [0.1, 0.15) is 0 Å². The van der Waals surface area contributed by atoms with Crippen LogP contribution in [0.25, 0.3) is 0 Å². The van der Waals surface area contributed by atoms with Crippen molar-refractivity contribution in [2.24, 2.45) is 0 Å². The summed E-state index contributed by atoms with van der Waals surface area (Å²) in [5.41, 5.74) is 6.22. The van der Waals surface area contributed by atoms with Crippen LogP contribution in [0.1, 0.15) is 24.5 Å². The molecule has 0 aliphatic rings. The van der Waals surface area contributed by atoms with Crippen LogP contribution in [0.3, 0.4) is 0 Å². The van der Waals surface area contributed by atoms with Gasteiger partial charge in [-0.1, -0.05) is 31.2 Å². The van der Waals surface area contributed by atoms with Gasteiger partial charge in [0.2, 0.25) is 0 Å². The zero-order valence-electron chi connectivity index (χ0n) is 11.2. The van der Waals surface area contributed by atoms with Crippen molar-refractivity contribution in [2.75, 3.05) is 19.6 Å². The van der Waals surface area contributed by atoms with Crippen molar-refractivity contribution in [1.82, 2.24) is 10.6 Å². The number of aryl methyl sites for hydroxylation is 1. The van der Waals surface area contributed by atoms with E-state index in [1.54, 1.807) is 0 Å². The summed E-state index contributed by atoms with van der Waals surface area (Å²) in [7, 11) is 0. The van der Waals surface area contributed by atoms with Crippen molar-refractivity contribution in [1.29, 1.82) is 0 Å². The molecule has 1 rings (SSSR count). The summed E-state index contributed by atoms with van der Waals surface area (Å²) in [6.07, 6.45) is 2.02. The van der Waals surface area contributed by atoms with Gasteiger partial charge in [-0.3, -0.25) is 4.79 Å². The molecule has 0 fully saturated rings. The number of carbonyl (C=O) groups is 1. The third kappa shape index (κ3) is 5.80. The molecule has 0 unspecified atom stereocenters. The number of nitrogens with one attached hydrogen (secondary N) is 2. The molecule has 4 heteroatoms. The average molecular weight is 250 g/mol. The normalized spacial score (nSPS) is 10.3. The summed E-state index contributed by atoms with van der Waals surface area (Å²) < 4.78 is 0. The van der Waals surface area contributed by atoms with Gasteiger partial charge in [0.25, 0.3) is 5.91 Å². The number of amides is 1. The Balaban J connectivity index is 2.12. The number of carbonyl (C=O) groups excluding carboxylic acids is 1. The van der Waals surface area contributed by atoms with Crippen LogP contribution >= 0.6 is 0 Å². The van der Waals surface area contributed by atoms with E-state index in [1.165, 1.54) is 11.1 Å². The van der Waals surface area contributed by atoms with Crippen molar-refractivity contribution < 1.29 is 10.5 Å². The maximum absolute atomic E-state index is 10.9. The van der Waals surface area contributed by atoms with Crippen molar-refractivity contribution in [3.8, 4) is 0 Å². The van der Waals surface area contributed by atoms with Gasteiger partial charge in [0.15, 0.2) is 6.54 Å². The fourth-order valence-electron chi connectivity index (χ4n) is 1.72. The predicted molar refractivity (Wildman–Crippen MR) is 72.9 cm³/mol. The van der Waals surface area contributed by atoms with Crippen LogP contribution in [0.15, 0.2) is 24.3 Å². The van der Waals surface area contributed by atoms with E-state index in [9.17, 15) is 4.79 Å². The first-order chi connectivity index (χ1) is 8.76. The van der Waals surface area contributed by atoms with Gasteiger partial charge in [0.05, 0.1) is 0 Å². The maximum atomic E-state index is 10.9. The average Bonchev–Trinajstić information content (AvgIpc) is 2.42. The smallest absolute Gasteiger partial charge is 0.275 e. The summed E-state index contributed by atoms with van der Waals surface area (Å²) in [6, 6.07) is 8.62. The molecule has 0 aliphatic carbocycles. The molecule has 0 aliphatic heterocycles. The summed E-state index contributed by atoms with van der Waals surface area (Å²) in [5, 5.41) is 6.19. The highest BCUT2D eigenvalue weighted by Gasteiger charge is 1.98. The van der Waals surface area contributed by atoms with Gasteiger partial charge in [-0.25, -0.2) is 0 Å². The first-order valence-corrected chi connectivity index (χ1v) is 6.60. The summed E-state index contributed by atoms with van der Waals surface area (Å²) in [5.74, 6) is 0.0191. The SMILES string of the molecule is CCc1cccc(CNCCCNC(=O)C[NH3+])c1. The molecule has 0 bridgehead atoms. The Bertz CT molecular complexity index is 366. The molecule has 0 saturated carbocycles. The molecule has 0 aromatic heterocycles. The second-order valence-electron chi connectivity index (χ2n) is 4.30. The van der Waals surface area contributed by atoms with Gasteiger partial charge >= 0.3 is 0 Å². The van der Waals surface area contributed by atoms with Crippen LogP contribution in [0, 0.1) is 0 Å². The number of quaternary nitrogens is 1. The number of hydrogen-bond acceptors (Lipinski definition) is 2. The molecule has 0 radical (unpaired) electrons. The van der Waals surface area contributed by atoms with Gasteiger partial charge in [-0.2, -0.15) is 0 Å². The molecule has 0 spiro atoms. The van der Waals surface area contributed by atoms with Crippen LogP contribution < -0.4 is 16.4 Å². The lowest BCUT2D eigenvalue weighted by atomic mass is 10.1.